The normalized spacial score (nSPS) is 12.9. The van der Waals surface area contributed by atoms with Crippen LogP contribution in [0.25, 0.3) is 0 Å². The number of nitrogens with zero attached hydrogens (tertiary/aromatic N) is 1. The van der Waals surface area contributed by atoms with Gasteiger partial charge in [0, 0.05) is 13.1 Å². The molecule has 2 rings (SSSR count). The van der Waals surface area contributed by atoms with Crippen LogP contribution in [0, 0.1) is 0 Å². The number of aliphatic hydroxyl groups is 1. The summed E-state index contributed by atoms with van der Waals surface area (Å²) in [5.74, 6) is 1.23. The van der Waals surface area contributed by atoms with E-state index in [-0.39, 0.29) is 6.54 Å². The zero-order chi connectivity index (χ0) is 15.6. The van der Waals surface area contributed by atoms with Crippen LogP contribution < -0.4 is 10.6 Å². The maximum atomic E-state index is 9.97. The lowest BCUT2D eigenvalue weighted by molar-refractivity contribution is 0.158. The van der Waals surface area contributed by atoms with E-state index in [1.807, 2.05) is 25.1 Å². The molecule has 0 bridgehead atoms. The summed E-state index contributed by atoms with van der Waals surface area (Å²) in [5.41, 5.74) is 1.28. The number of nitrogens with one attached hydrogen (secondary N) is 2. The first-order valence-electron chi connectivity index (χ1n) is 7.57. The van der Waals surface area contributed by atoms with Crippen LogP contribution in [0.4, 0.5) is 0 Å². The number of aliphatic imine (C=N–C) groups is 1. The van der Waals surface area contributed by atoms with Gasteiger partial charge >= 0.3 is 0 Å². The molecule has 22 heavy (non-hydrogen) atoms. The lowest BCUT2D eigenvalue weighted by Gasteiger charge is -2.12. The second-order valence-corrected chi connectivity index (χ2v) is 4.91. The van der Waals surface area contributed by atoms with Crippen LogP contribution in [0.15, 0.2) is 58.1 Å². The van der Waals surface area contributed by atoms with Crippen LogP contribution in [0.2, 0.25) is 0 Å². The molecule has 0 aliphatic rings. The summed E-state index contributed by atoms with van der Waals surface area (Å²) in [4.78, 5) is 4.38. The minimum absolute atomic E-state index is 0.258. The predicted molar refractivity (Wildman–Crippen MR) is 87.8 cm³/mol. The predicted octanol–water partition coefficient (Wildman–Crippen LogP) is 2.11. The smallest absolute Gasteiger partial charge is 0.191 e. The van der Waals surface area contributed by atoms with E-state index in [0.29, 0.717) is 11.7 Å². The molecule has 0 spiro atoms. The molecule has 0 fully saturated rings. The highest BCUT2D eigenvalue weighted by Gasteiger charge is 2.09. The molecule has 118 valence electrons. The van der Waals surface area contributed by atoms with Gasteiger partial charge in [0.25, 0.3) is 0 Å². The summed E-state index contributed by atoms with van der Waals surface area (Å²) in [5, 5.41) is 16.4. The van der Waals surface area contributed by atoms with Crippen molar-refractivity contribution in [3.05, 3.63) is 60.1 Å². The summed E-state index contributed by atoms with van der Waals surface area (Å²) < 4.78 is 5.17. The Morgan fingerprint density at radius 3 is 2.68 bits per heavy atom. The standard InChI is InChI=1S/C17H23N3O2/c1-2-18-17(19-11-10-14-7-4-3-5-8-14)20-13-15(21)16-9-6-12-22-16/h3-9,12,15,21H,2,10-11,13H2,1H3,(H2,18,19,20). The van der Waals surface area contributed by atoms with Gasteiger partial charge in [-0.3, -0.25) is 4.99 Å². The molecule has 5 heteroatoms. The fraction of sp³-hybridized carbons (Fsp3) is 0.353. The largest absolute Gasteiger partial charge is 0.467 e. The van der Waals surface area contributed by atoms with Crippen LogP contribution in [-0.4, -0.2) is 30.7 Å². The lowest BCUT2D eigenvalue weighted by atomic mass is 10.1. The van der Waals surface area contributed by atoms with E-state index < -0.39 is 6.10 Å². The molecule has 1 aromatic carbocycles. The third kappa shape index (κ3) is 5.26. The second kappa shape index (κ2) is 8.89. The van der Waals surface area contributed by atoms with Crippen LogP contribution in [-0.2, 0) is 6.42 Å². The highest BCUT2D eigenvalue weighted by molar-refractivity contribution is 5.79. The summed E-state index contributed by atoms with van der Waals surface area (Å²) >= 11 is 0. The third-order valence-electron chi connectivity index (χ3n) is 3.19. The zero-order valence-electron chi connectivity index (χ0n) is 12.8. The highest BCUT2D eigenvalue weighted by atomic mass is 16.4. The van der Waals surface area contributed by atoms with Crippen LogP contribution in [0.1, 0.15) is 24.4 Å². The van der Waals surface area contributed by atoms with Crippen LogP contribution in [0.5, 0.6) is 0 Å². The Bertz CT molecular complexity index is 553. The van der Waals surface area contributed by atoms with Crippen molar-refractivity contribution in [2.24, 2.45) is 4.99 Å². The van der Waals surface area contributed by atoms with Crippen molar-refractivity contribution in [1.82, 2.24) is 10.6 Å². The average molecular weight is 301 g/mol. The number of benzene rings is 1. The van der Waals surface area contributed by atoms with Gasteiger partial charge in [0.2, 0.25) is 0 Å². The van der Waals surface area contributed by atoms with Crippen molar-refractivity contribution in [1.29, 1.82) is 0 Å². The lowest BCUT2D eigenvalue weighted by Crippen LogP contribution is -2.38. The zero-order valence-corrected chi connectivity index (χ0v) is 12.8. The first-order chi connectivity index (χ1) is 10.8. The van der Waals surface area contributed by atoms with E-state index in [2.05, 4.69) is 27.8 Å². The average Bonchev–Trinajstić information content (AvgIpc) is 3.08. The summed E-state index contributed by atoms with van der Waals surface area (Å²) in [6.45, 7) is 3.83. The third-order valence-corrected chi connectivity index (χ3v) is 3.19. The molecule has 1 atom stereocenters. The molecule has 1 aromatic heterocycles. The maximum absolute atomic E-state index is 9.97. The molecule has 0 aliphatic heterocycles. The van der Waals surface area contributed by atoms with E-state index in [0.717, 1.165) is 19.5 Å². The topological polar surface area (TPSA) is 69.8 Å². The quantitative estimate of drug-likeness (QED) is 0.541. The first kappa shape index (κ1) is 16.1. The number of aliphatic hydroxyl groups excluding tert-OH is 1. The second-order valence-electron chi connectivity index (χ2n) is 4.91. The van der Waals surface area contributed by atoms with Crippen molar-refractivity contribution in [3.63, 3.8) is 0 Å². The molecule has 3 N–H and O–H groups in total. The molecule has 0 saturated carbocycles. The summed E-state index contributed by atoms with van der Waals surface area (Å²) in [6.07, 6.45) is 1.75. The van der Waals surface area contributed by atoms with E-state index in [1.165, 1.54) is 5.56 Å². The highest BCUT2D eigenvalue weighted by Crippen LogP contribution is 2.12. The molecular formula is C17H23N3O2. The summed E-state index contributed by atoms with van der Waals surface area (Å²) in [7, 11) is 0. The number of hydrogen-bond donors (Lipinski definition) is 3. The molecular weight excluding hydrogens is 278 g/mol. The van der Waals surface area contributed by atoms with E-state index in [9.17, 15) is 5.11 Å². The Labute approximate surface area is 131 Å². The van der Waals surface area contributed by atoms with Gasteiger partial charge < -0.3 is 20.2 Å². The van der Waals surface area contributed by atoms with Gasteiger partial charge in [0.15, 0.2) is 5.96 Å². The minimum atomic E-state index is -0.723. The SMILES string of the molecule is CCNC(=NCC(O)c1ccco1)NCCc1ccccc1. The maximum Gasteiger partial charge on any atom is 0.191 e. The molecule has 0 saturated heterocycles. The van der Waals surface area contributed by atoms with E-state index in [1.54, 1.807) is 18.4 Å². The minimum Gasteiger partial charge on any atom is -0.467 e. The Kier molecular flexibility index (Phi) is 6.51. The Hall–Kier alpha value is -2.27. The molecule has 5 nitrogen and oxygen atoms in total. The van der Waals surface area contributed by atoms with Crippen molar-refractivity contribution in [2.75, 3.05) is 19.6 Å². The fourth-order valence-electron chi connectivity index (χ4n) is 2.06. The van der Waals surface area contributed by atoms with Gasteiger partial charge in [0.1, 0.15) is 11.9 Å². The molecule has 0 amide bonds. The van der Waals surface area contributed by atoms with Crippen molar-refractivity contribution in [2.45, 2.75) is 19.4 Å². The van der Waals surface area contributed by atoms with Gasteiger partial charge in [0.05, 0.1) is 12.8 Å². The Morgan fingerprint density at radius 1 is 1.18 bits per heavy atom. The number of furan rings is 1. The van der Waals surface area contributed by atoms with E-state index >= 15 is 0 Å². The van der Waals surface area contributed by atoms with Crippen molar-refractivity contribution in [3.8, 4) is 0 Å². The van der Waals surface area contributed by atoms with Crippen molar-refractivity contribution < 1.29 is 9.52 Å². The molecule has 1 heterocycles. The number of hydrogen-bond acceptors (Lipinski definition) is 3. The van der Waals surface area contributed by atoms with Crippen LogP contribution >= 0.6 is 0 Å². The van der Waals surface area contributed by atoms with Crippen molar-refractivity contribution >= 4 is 5.96 Å². The fourth-order valence-corrected chi connectivity index (χ4v) is 2.06. The van der Waals surface area contributed by atoms with Gasteiger partial charge in [-0.15, -0.1) is 0 Å². The van der Waals surface area contributed by atoms with Gasteiger partial charge in [-0.05, 0) is 31.0 Å². The molecule has 0 aliphatic carbocycles. The molecule has 0 radical (unpaired) electrons. The Morgan fingerprint density at radius 2 is 2.00 bits per heavy atom. The first-order valence-corrected chi connectivity index (χ1v) is 7.57. The van der Waals surface area contributed by atoms with Gasteiger partial charge in [-0.2, -0.15) is 0 Å². The number of guanidine groups is 1. The molecule has 1 unspecified atom stereocenters. The Balaban J connectivity index is 1.82. The number of rotatable bonds is 7. The van der Waals surface area contributed by atoms with Gasteiger partial charge in [-0.1, -0.05) is 30.3 Å². The summed E-state index contributed by atoms with van der Waals surface area (Å²) in [6, 6.07) is 13.8. The van der Waals surface area contributed by atoms with E-state index in [4.69, 9.17) is 4.42 Å². The van der Waals surface area contributed by atoms with Crippen LogP contribution in [0.3, 0.4) is 0 Å². The monoisotopic (exact) mass is 301 g/mol. The molecule has 2 aromatic rings. The van der Waals surface area contributed by atoms with Gasteiger partial charge in [-0.25, -0.2) is 0 Å².